The number of ether oxygens (including phenoxy) is 1. The molecule has 0 aliphatic carbocycles. The number of methoxy groups -OCH3 is 1. The Balaban J connectivity index is 4.11. The third kappa shape index (κ3) is 5.16. The van der Waals surface area contributed by atoms with Gasteiger partial charge in [-0.15, -0.1) is 0 Å². The van der Waals surface area contributed by atoms with Crippen molar-refractivity contribution in [1.29, 1.82) is 0 Å². The molecule has 0 aromatic heterocycles. The van der Waals surface area contributed by atoms with Gasteiger partial charge in [0.15, 0.2) is 5.60 Å². The first-order valence-corrected chi connectivity index (χ1v) is 5.12. The molecule has 3 nitrogen and oxygen atoms in total. The fraction of sp³-hybridized carbons (Fsp3) is 0.889. The van der Waals surface area contributed by atoms with Crippen LogP contribution in [0.3, 0.4) is 0 Å². The van der Waals surface area contributed by atoms with Crippen molar-refractivity contribution < 1.29 is 14.6 Å². The Hall–Kier alpha value is -0.220. The highest BCUT2D eigenvalue weighted by Crippen LogP contribution is 2.27. The summed E-state index contributed by atoms with van der Waals surface area (Å²) in [5.74, 6) is -0.229. The van der Waals surface area contributed by atoms with Gasteiger partial charge in [0, 0.05) is 10.5 Å². The fourth-order valence-electron chi connectivity index (χ4n) is 0.636. The van der Waals surface area contributed by atoms with E-state index in [4.69, 9.17) is 0 Å². The normalized spacial score (nSPS) is 16.5. The summed E-state index contributed by atoms with van der Waals surface area (Å²) in [6, 6.07) is 0. The van der Waals surface area contributed by atoms with Crippen LogP contribution in [0, 0.1) is 0 Å². The third-order valence-electron chi connectivity index (χ3n) is 1.41. The molecule has 0 aliphatic heterocycles. The Morgan fingerprint density at radius 2 is 1.85 bits per heavy atom. The summed E-state index contributed by atoms with van der Waals surface area (Å²) < 4.78 is 4.52. The zero-order valence-corrected chi connectivity index (χ0v) is 9.70. The summed E-state index contributed by atoms with van der Waals surface area (Å²) in [5, 5.41) is 9.65. The van der Waals surface area contributed by atoms with Crippen molar-refractivity contribution in [2.24, 2.45) is 0 Å². The molecule has 4 heteroatoms. The van der Waals surface area contributed by atoms with E-state index >= 15 is 0 Å². The molecule has 0 spiro atoms. The van der Waals surface area contributed by atoms with Crippen LogP contribution in [0.2, 0.25) is 0 Å². The maximum absolute atomic E-state index is 11.1. The molecule has 1 unspecified atom stereocenters. The lowest BCUT2D eigenvalue weighted by molar-refractivity contribution is -0.158. The summed E-state index contributed by atoms with van der Waals surface area (Å²) in [5.41, 5.74) is -1.38. The Bertz CT molecular complexity index is 182. The number of hydrogen-bond acceptors (Lipinski definition) is 4. The van der Waals surface area contributed by atoms with E-state index in [2.05, 4.69) is 4.74 Å². The Morgan fingerprint density at radius 1 is 1.38 bits per heavy atom. The molecule has 0 heterocycles. The second-order valence-corrected chi connectivity index (χ2v) is 5.97. The van der Waals surface area contributed by atoms with Crippen LogP contribution in [0.25, 0.3) is 0 Å². The Labute approximate surface area is 83.9 Å². The zero-order valence-electron chi connectivity index (χ0n) is 8.88. The fourth-order valence-corrected chi connectivity index (χ4v) is 1.47. The second kappa shape index (κ2) is 4.33. The summed E-state index contributed by atoms with van der Waals surface area (Å²) in [7, 11) is 1.28. The van der Waals surface area contributed by atoms with Crippen LogP contribution in [0.4, 0.5) is 0 Å². The summed E-state index contributed by atoms with van der Waals surface area (Å²) in [4.78, 5) is 11.1. The first-order valence-electron chi connectivity index (χ1n) is 4.14. The molecule has 1 atom stereocenters. The van der Waals surface area contributed by atoms with Crippen LogP contribution in [-0.4, -0.2) is 34.3 Å². The van der Waals surface area contributed by atoms with E-state index in [-0.39, 0.29) is 4.75 Å². The molecule has 1 N–H and O–H groups in total. The van der Waals surface area contributed by atoms with Crippen molar-refractivity contribution in [3.8, 4) is 0 Å². The molecule has 13 heavy (non-hydrogen) atoms. The van der Waals surface area contributed by atoms with Gasteiger partial charge >= 0.3 is 5.97 Å². The van der Waals surface area contributed by atoms with Crippen LogP contribution >= 0.6 is 11.8 Å². The van der Waals surface area contributed by atoms with E-state index in [1.807, 2.05) is 20.8 Å². The number of esters is 1. The first kappa shape index (κ1) is 12.8. The summed E-state index contributed by atoms with van der Waals surface area (Å²) in [6.45, 7) is 7.57. The molecule has 0 aromatic carbocycles. The SMILES string of the molecule is COC(=O)C(C)(O)CSC(C)(C)C. The molecule has 0 aliphatic rings. The number of carbonyl (C=O) groups excluding carboxylic acids is 1. The number of thioether (sulfide) groups is 1. The lowest BCUT2D eigenvalue weighted by Gasteiger charge is -2.25. The van der Waals surface area contributed by atoms with Crippen LogP contribution in [-0.2, 0) is 9.53 Å². The van der Waals surface area contributed by atoms with Crippen LogP contribution in [0.15, 0.2) is 0 Å². The smallest absolute Gasteiger partial charge is 0.338 e. The highest BCUT2D eigenvalue weighted by Gasteiger charge is 2.32. The van der Waals surface area contributed by atoms with Gasteiger partial charge in [0.1, 0.15) is 0 Å². The maximum Gasteiger partial charge on any atom is 0.338 e. The van der Waals surface area contributed by atoms with E-state index in [0.29, 0.717) is 5.75 Å². The first-order chi connectivity index (χ1) is 5.69. The van der Waals surface area contributed by atoms with Crippen molar-refractivity contribution >= 4 is 17.7 Å². The average Bonchev–Trinajstić information content (AvgIpc) is 1.98. The minimum atomic E-state index is -1.38. The van der Waals surface area contributed by atoms with Gasteiger partial charge in [0.2, 0.25) is 0 Å². The lowest BCUT2D eigenvalue weighted by Crippen LogP contribution is -2.39. The van der Waals surface area contributed by atoms with Crippen LogP contribution in [0.1, 0.15) is 27.7 Å². The van der Waals surface area contributed by atoms with E-state index in [1.165, 1.54) is 25.8 Å². The van der Waals surface area contributed by atoms with Crippen LogP contribution < -0.4 is 0 Å². The van der Waals surface area contributed by atoms with E-state index in [1.54, 1.807) is 0 Å². The molecule has 0 radical (unpaired) electrons. The van der Waals surface area contributed by atoms with Crippen molar-refractivity contribution in [3.63, 3.8) is 0 Å². The standard InChI is InChI=1S/C9H18O3S/c1-8(2,3)13-6-9(4,11)7(10)12-5/h11H,6H2,1-5H3. The summed E-state index contributed by atoms with van der Waals surface area (Å²) in [6.07, 6.45) is 0. The van der Waals surface area contributed by atoms with E-state index in [9.17, 15) is 9.90 Å². The monoisotopic (exact) mass is 206 g/mol. The molecule has 0 aromatic rings. The molecular formula is C9H18O3S. The van der Waals surface area contributed by atoms with Gasteiger partial charge in [-0.05, 0) is 6.92 Å². The second-order valence-electron chi connectivity index (χ2n) is 4.17. The number of hydrogen-bond donors (Lipinski definition) is 1. The van der Waals surface area contributed by atoms with Crippen LogP contribution in [0.5, 0.6) is 0 Å². The number of aliphatic hydroxyl groups is 1. The highest BCUT2D eigenvalue weighted by atomic mass is 32.2. The molecular weight excluding hydrogens is 188 g/mol. The molecule has 0 rings (SSSR count). The van der Waals surface area contributed by atoms with Gasteiger partial charge < -0.3 is 9.84 Å². The highest BCUT2D eigenvalue weighted by molar-refractivity contribution is 8.00. The largest absolute Gasteiger partial charge is 0.467 e. The van der Waals surface area contributed by atoms with Gasteiger partial charge in [-0.2, -0.15) is 11.8 Å². The lowest BCUT2D eigenvalue weighted by atomic mass is 10.1. The van der Waals surface area contributed by atoms with Gasteiger partial charge in [-0.1, -0.05) is 20.8 Å². The predicted molar refractivity (Wildman–Crippen MR) is 54.9 cm³/mol. The quantitative estimate of drug-likeness (QED) is 0.710. The Morgan fingerprint density at radius 3 is 2.15 bits per heavy atom. The molecule has 0 amide bonds. The molecule has 0 bridgehead atoms. The zero-order chi connectivity index (χ0) is 10.7. The van der Waals surface area contributed by atoms with Gasteiger partial charge in [-0.25, -0.2) is 4.79 Å². The predicted octanol–water partition coefficient (Wildman–Crippen LogP) is 1.44. The number of rotatable bonds is 3. The Kier molecular flexibility index (Phi) is 4.26. The maximum atomic E-state index is 11.1. The van der Waals surface area contributed by atoms with Crippen molar-refractivity contribution in [1.82, 2.24) is 0 Å². The minimum absolute atomic E-state index is 0.0397. The van der Waals surface area contributed by atoms with Gasteiger partial charge in [-0.3, -0.25) is 0 Å². The summed E-state index contributed by atoms with van der Waals surface area (Å²) >= 11 is 1.53. The third-order valence-corrected chi connectivity index (χ3v) is 2.98. The molecule has 0 saturated carbocycles. The van der Waals surface area contributed by atoms with Crippen molar-refractivity contribution in [2.45, 2.75) is 38.0 Å². The number of carbonyl (C=O) groups is 1. The molecule has 78 valence electrons. The topological polar surface area (TPSA) is 46.5 Å². The van der Waals surface area contributed by atoms with E-state index in [0.717, 1.165) is 0 Å². The molecule has 0 saturated heterocycles. The molecule has 0 fully saturated rings. The minimum Gasteiger partial charge on any atom is -0.467 e. The van der Waals surface area contributed by atoms with Gasteiger partial charge in [0.05, 0.1) is 7.11 Å². The van der Waals surface area contributed by atoms with Crippen molar-refractivity contribution in [2.75, 3.05) is 12.9 Å². The van der Waals surface area contributed by atoms with Crippen molar-refractivity contribution in [3.05, 3.63) is 0 Å². The van der Waals surface area contributed by atoms with E-state index < -0.39 is 11.6 Å². The van der Waals surface area contributed by atoms with Gasteiger partial charge in [0.25, 0.3) is 0 Å². The average molecular weight is 206 g/mol.